The second-order valence-corrected chi connectivity index (χ2v) is 6.47. The van der Waals surface area contributed by atoms with Crippen LogP contribution >= 0.6 is 11.8 Å². The van der Waals surface area contributed by atoms with E-state index in [1.54, 1.807) is 34.6 Å². The molecule has 0 aliphatic carbocycles. The zero-order valence-corrected chi connectivity index (χ0v) is 12.2. The fraction of sp³-hybridized carbons (Fsp3) is 0.750. The van der Waals surface area contributed by atoms with Crippen LogP contribution in [0.2, 0.25) is 0 Å². The number of nitrogens with zero attached hydrogens (tertiary/aromatic N) is 1. The third kappa shape index (κ3) is 3.48. The molecule has 0 unspecified atom stereocenters. The molecule has 0 saturated carbocycles. The lowest BCUT2D eigenvalue weighted by atomic mass is 10.0. The number of carbonyl (C=O) groups is 3. The van der Waals surface area contributed by atoms with Crippen molar-refractivity contribution in [1.29, 1.82) is 0 Å². The molecule has 1 saturated heterocycles. The van der Waals surface area contributed by atoms with Crippen molar-refractivity contribution in [2.75, 3.05) is 5.75 Å². The SMILES string of the molecule is CC(C)C(=O)[C@@H]1CSC(=O)N1C(=O)OC(C)(C)C. The molecule has 18 heavy (non-hydrogen) atoms. The Labute approximate surface area is 111 Å². The van der Waals surface area contributed by atoms with Crippen LogP contribution in [0.15, 0.2) is 0 Å². The number of imide groups is 1. The van der Waals surface area contributed by atoms with E-state index in [0.717, 1.165) is 16.7 Å². The van der Waals surface area contributed by atoms with Crippen molar-refractivity contribution in [3.05, 3.63) is 0 Å². The number of amides is 2. The van der Waals surface area contributed by atoms with Crippen molar-refractivity contribution >= 4 is 28.9 Å². The van der Waals surface area contributed by atoms with E-state index in [2.05, 4.69) is 0 Å². The normalized spacial score (nSPS) is 20.4. The molecule has 0 aromatic carbocycles. The van der Waals surface area contributed by atoms with Gasteiger partial charge in [-0.3, -0.25) is 9.59 Å². The first-order valence-corrected chi connectivity index (χ1v) is 6.84. The van der Waals surface area contributed by atoms with E-state index in [0.29, 0.717) is 5.75 Å². The van der Waals surface area contributed by atoms with E-state index in [1.165, 1.54) is 0 Å². The van der Waals surface area contributed by atoms with Gasteiger partial charge in [0.05, 0.1) is 0 Å². The van der Waals surface area contributed by atoms with Crippen molar-refractivity contribution in [2.24, 2.45) is 5.92 Å². The lowest BCUT2D eigenvalue weighted by Crippen LogP contribution is -2.47. The van der Waals surface area contributed by atoms with Crippen LogP contribution in [0.3, 0.4) is 0 Å². The van der Waals surface area contributed by atoms with Gasteiger partial charge in [-0.2, -0.15) is 0 Å². The van der Waals surface area contributed by atoms with Gasteiger partial charge in [-0.15, -0.1) is 0 Å². The van der Waals surface area contributed by atoms with Crippen LogP contribution in [-0.2, 0) is 9.53 Å². The Morgan fingerprint density at radius 3 is 2.39 bits per heavy atom. The standard InChI is InChI=1S/C12H19NO4S/c1-7(2)9(14)8-6-18-11(16)13(8)10(15)17-12(3,4)5/h7-8H,6H2,1-5H3/t8-/m0/s1. The summed E-state index contributed by atoms with van der Waals surface area (Å²) in [6.45, 7) is 8.67. The molecule has 1 aliphatic rings. The number of rotatable bonds is 2. The van der Waals surface area contributed by atoms with Gasteiger partial charge < -0.3 is 4.74 Å². The maximum Gasteiger partial charge on any atom is 0.418 e. The smallest absolute Gasteiger partial charge is 0.418 e. The molecule has 1 rings (SSSR count). The van der Waals surface area contributed by atoms with Crippen molar-refractivity contribution < 1.29 is 19.1 Å². The molecular weight excluding hydrogens is 254 g/mol. The average molecular weight is 273 g/mol. The largest absolute Gasteiger partial charge is 0.443 e. The van der Waals surface area contributed by atoms with Gasteiger partial charge in [-0.25, -0.2) is 9.69 Å². The highest BCUT2D eigenvalue weighted by atomic mass is 32.2. The molecule has 1 fully saturated rings. The van der Waals surface area contributed by atoms with Gasteiger partial charge in [-0.1, -0.05) is 25.6 Å². The van der Waals surface area contributed by atoms with Gasteiger partial charge in [0.25, 0.3) is 5.24 Å². The first-order chi connectivity index (χ1) is 8.13. The van der Waals surface area contributed by atoms with Crippen molar-refractivity contribution in [1.82, 2.24) is 4.90 Å². The van der Waals surface area contributed by atoms with Gasteiger partial charge in [0, 0.05) is 11.7 Å². The molecule has 0 bridgehead atoms. The second-order valence-electron chi connectivity index (χ2n) is 5.50. The monoisotopic (exact) mass is 273 g/mol. The van der Waals surface area contributed by atoms with E-state index in [1.807, 2.05) is 0 Å². The summed E-state index contributed by atoms with van der Waals surface area (Å²) < 4.78 is 5.15. The Morgan fingerprint density at radius 2 is 1.94 bits per heavy atom. The third-order valence-electron chi connectivity index (χ3n) is 2.36. The Morgan fingerprint density at radius 1 is 1.39 bits per heavy atom. The molecular formula is C12H19NO4S. The van der Waals surface area contributed by atoms with Crippen molar-refractivity contribution in [3.63, 3.8) is 0 Å². The zero-order chi connectivity index (χ0) is 14.1. The third-order valence-corrected chi connectivity index (χ3v) is 3.29. The highest BCUT2D eigenvalue weighted by Crippen LogP contribution is 2.28. The molecule has 0 N–H and O–H groups in total. The predicted molar refractivity (Wildman–Crippen MR) is 69.6 cm³/mol. The van der Waals surface area contributed by atoms with Crippen LogP contribution in [-0.4, -0.2) is 39.4 Å². The number of hydrogen-bond acceptors (Lipinski definition) is 5. The number of carbonyl (C=O) groups excluding carboxylic acids is 3. The van der Waals surface area contributed by atoms with Gasteiger partial charge in [-0.05, 0) is 20.8 Å². The fourth-order valence-corrected chi connectivity index (χ4v) is 2.48. The number of ketones is 1. The molecule has 2 amide bonds. The quantitative estimate of drug-likeness (QED) is 0.774. The molecule has 102 valence electrons. The minimum absolute atomic E-state index is 0.112. The van der Waals surface area contributed by atoms with E-state index >= 15 is 0 Å². The van der Waals surface area contributed by atoms with Crippen LogP contribution in [0.4, 0.5) is 9.59 Å². The van der Waals surface area contributed by atoms with Gasteiger partial charge in [0.1, 0.15) is 11.6 Å². The van der Waals surface area contributed by atoms with Crippen LogP contribution in [0.25, 0.3) is 0 Å². The highest BCUT2D eigenvalue weighted by molar-refractivity contribution is 8.14. The summed E-state index contributed by atoms with van der Waals surface area (Å²) in [6, 6.07) is -0.697. The maximum atomic E-state index is 12.0. The summed E-state index contributed by atoms with van der Waals surface area (Å²) in [5.74, 6) is -0.0135. The van der Waals surface area contributed by atoms with Crippen LogP contribution < -0.4 is 0 Å². The van der Waals surface area contributed by atoms with Gasteiger partial charge in [0.15, 0.2) is 5.78 Å². The molecule has 6 heteroatoms. The van der Waals surface area contributed by atoms with E-state index in [9.17, 15) is 14.4 Å². The lowest BCUT2D eigenvalue weighted by molar-refractivity contribution is -0.125. The van der Waals surface area contributed by atoms with Crippen LogP contribution in [0.5, 0.6) is 0 Å². The number of hydrogen-bond donors (Lipinski definition) is 0. The van der Waals surface area contributed by atoms with E-state index < -0.39 is 23.0 Å². The van der Waals surface area contributed by atoms with Crippen LogP contribution in [0, 0.1) is 5.92 Å². The number of ether oxygens (including phenoxy) is 1. The summed E-state index contributed by atoms with van der Waals surface area (Å²) in [6.07, 6.45) is -0.739. The molecule has 0 spiro atoms. The second kappa shape index (κ2) is 5.30. The number of thioether (sulfide) groups is 1. The highest BCUT2D eigenvalue weighted by Gasteiger charge is 2.43. The van der Waals surface area contributed by atoms with E-state index in [4.69, 9.17) is 4.74 Å². The predicted octanol–water partition coefficient (Wildman–Crippen LogP) is 2.68. The summed E-state index contributed by atoms with van der Waals surface area (Å²) >= 11 is 0.979. The van der Waals surface area contributed by atoms with Crippen LogP contribution in [0.1, 0.15) is 34.6 Å². The summed E-state index contributed by atoms with van der Waals surface area (Å²) in [4.78, 5) is 36.5. The molecule has 0 aromatic heterocycles. The molecule has 0 aromatic rings. The molecule has 5 nitrogen and oxygen atoms in total. The van der Waals surface area contributed by atoms with Crippen molar-refractivity contribution in [3.8, 4) is 0 Å². The Bertz CT molecular complexity index is 373. The Kier molecular flexibility index (Phi) is 4.42. The summed E-state index contributed by atoms with van der Waals surface area (Å²) in [5.41, 5.74) is -0.684. The average Bonchev–Trinajstić information content (AvgIpc) is 2.56. The number of Topliss-reactive ketones (excluding diaryl/α,β-unsaturated/α-hetero) is 1. The first kappa shape index (κ1) is 15.0. The van der Waals surface area contributed by atoms with Crippen molar-refractivity contribution in [2.45, 2.75) is 46.3 Å². The Balaban J connectivity index is 2.86. The first-order valence-electron chi connectivity index (χ1n) is 5.86. The molecule has 1 aliphatic heterocycles. The summed E-state index contributed by atoms with van der Waals surface area (Å²) in [7, 11) is 0. The lowest BCUT2D eigenvalue weighted by Gasteiger charge is -2.26. The zero-order valence-electron chi connectivity index (χ0n) is 11.4. The topological polar surface area (TPSA) is 63.7 Å². The minimum atomic E-state index is -0.739. The molecule has 1 atom stereocenters. The van der Waals surface area contributed by atoms with Gasteiger partial charge in [0.2, 0.25) is 0 Å². The molecule has 0 radical (unpaired) electrons. The molecule has 1 heterocycles. The Hall–Kier alpha value is -1.04. The maximum absolute atomic E-state index is 12.0. The summed E-state index contributed by atoms with van der Waals surface area (Å²) in [5, 5.41) is -0.414. The minimum Gasteiger partial charge on any atom is -0.443 e. The van der Waals surface area contributed by atoms with Gasteiger partial charge >= 0.3 is 6.09 Å². The van der Waals surface area contributed by atoms with E-state index in [-0.39, 0.29) is 11.7 Å². The fourth-order valence-electron chi connectivity index (χ4n) is 1.53.